The molecule has 0 aliphatic heterocycles. The van der Waals surface area contributed by atoms with Gasteiger partial charge in [0.15, 0.2) is 5.69 Å². The Bertz CT molecular complexity index is 377. The summed E-state index contributed by atoms with van der Waals surface area (Å²) >= 11 is 0. The largest absolute Gasteiger partial charge is 0.494 e. The first-order valence-corrected chi connectivity index (χ1v) is 7.12. The molecular formula is C16H24N2O. The third kappa shape index (κ3) is 6.26. The van der Waals surface area contributed by atoms with Crippen LogP contribution in [0, 0.1) is 6.57 Å². The van der Waals surface area contributed by atoms with Crippen molar-refractivity contribution >= 4 is 5.69 Å². The molecule has 0 bridgehead atoms. The molecule has 0 aliphatic rings. The molecule has 3 nitrogen and oxygen atoms in total. The van der Waals surface area contributed by atoms with E-state index in [1.165, 1.54) is 19.4 Å². The number of rotatable bonds is 9. The normalized spacial score (nSPS) is 10.4. The van der Waals surface area contributed by atoms with Crippen molar-refractivity contribution in [2.24, 2.45) is 0 Å². The van der Waals surface area contributed by atoms with E-state index in [2.05, 4.69) is 23.6 Å². The van der Waals surface area contributed by atoms with Crippen LogP contribution in [0.15, 0.2) is 24.3 Å². The van der Waals surface area contributed by atoms with E-state index in [9.17, 15) is 0 Å². The van der Waals surface area contributed by atoms with Gasteiger partial charge in [0.25, 0.3) is 0 Å². The van der Waals surface area contributed by atoms with E-state index in [1.54, 1.807) is 12.1 Å². The van der Waals surface area contributed by atoms with Crippen LogP contribution in [0.25, 0.3) is 4.85 Å². The fraction of sp³-hybridized carbons (Fsp3) is 0.562. The standard InChI is InChI=1S/C16H24N2O/c1-4-18(5-2)13-7-6-8-14-19-16-11-9-15(17-3)10-12-16/h9-12H,4-8,13-14H2,1-2H3. The van der Waals surface area contributed by atoms with Gasteiger partial charge in [-0.25, -0.2) is 4.85 Å². The van der Waals surface area contributed by atoms with E-state index in [0.29, 0.717) is 5.69 Å². The minimum absolute atomic E-state index is 0.659. The summed E-state index contributed by atoms with van der Waals surface area (Å²) in [6.45, 7) is 15.5. The second kappa shape index (κ2) is 9.41. The highest BCUT2D eigenvalue weighted by Crippen LogP contribution is 2.18. The average molecular weight is 260 g/mol. The second-order valence-electron chi connectivity index (χ2n) is 4.54. The second-order valence-corrected chi connectivity index (χ2v) is 4.54. The molecule has 0 N–H and O–H groups in total. The first-order chi connectivity index (χ1) is 9.30. The summed E-state index contributed by atoms with van der Waals surface area (Å²) in [7, 11) is 0. The van der Waals surface area contributed by atoms with E-state index >= 15 is 0 Å². The van der Waals surface area contributed by atoms with E-state index in [4.69, 9.17) is 11.3 Å². The minimum Gasteiger partial charge on any atom is -0.494 e. The maximum absolute atomic E-state index is 6.87. The molecule has 3 heteroatoms. The van der Waals surface area contributed by atoms with Crippen LogP contribution in [0.3, 0.4) is 0 Å². The Balaban J connectivity index is 2.09. The average Bonchev–Trinajstić information content (AvgIpc) is 2.47. The van der Waals surface area contributed by atoms with Gasteiger partial charge in [0.1, 0.15) is 5.75 Å². The Morgan fingerprint density at radius 1 is 1.05 bits per heavy atom. The Kier molecular flexibility index (Phi) is 7.69. The Morgan fingerprint density at radius 3 is 2.32 bits per heavy atom. The fourth-order valence-corrected chi connectivity index (χ4v) is 1.96. The summed E-state index contributed by atoms with van der Waals surface area (Å²) in [6, 6.07) is 7.32. The first kappa shape index (κ1) is 15.5. The predicted molar refractivity (Wildman–Crippen MR) is 79.8 cm³/mol. The van der Waals surface area contributed by atoms with Gasteiger partial charge in [-0.2, -0.15) is 0 Å². The van der Waals surface area contributed by atoms with Crippen LogP contribution < -0.4 is 4.74 Å². The van der Waals surface area contributed by atoms with Crippen LogP contribution in [0.5, 0.6) is 5.75 Å². The molecule has 0 spiro atoms. The third-order valence-electron chi connectivity index (χ3n) is 3.25. The SMILES string of the molecule is [C-]#[N+]c1ccc(OCCCCCN(CC)CC)cc1. The molecule has 0 heterocycles. The molecule has 0 aliphatic carbocycles. The summed E-state index contributed by atoms with van der Waals surface area (Å²) in [4.78, 5) is 5.80. The quantitative estimate of drug-likeness (QED) is 0.490. The molecule has 0 fully saturated rings. The van der Waals surface area contributed by atoms with Gasteiger partial charge in [0, 0.05) is 0 Å². The number of unbranched alkanes of at least 4 members (excludes halogenated alkanes) is 2. The van der Waals surface area contributed by atoms with E-state index < -0.39 is 0 Å². The maximum atomic E-state index is 6.87. The van der Waals surface area contributed by atoms with E-state index in [-0.39, 0.29) is 0 Å². The molecule has 0 aromatic heterocycles. The smallest absolute Gasteiger partial charge is 0.187 e. The predicted octanol–water partition coefficient (Wildman–Crippen LogP) is 4.13. The van der Waals surface area contributed by atoms with E-state index in [0.717, 1.165) is 31.9 Å². The molecule has 104 valence electrons. The van der Waals surface area contributed by atoms with Crippen molar-refractivity contribution in [3.8, 4) is 5.75 Å². The molecule has 19 heavy (non-hydrogen) atoms. The highest BCUT2D eigenvalue weighted by atomic mass is 16.5. The molecule has 0 atom stereocenters. The molecule has 1 aromatic carbocycles. The molecule has 1 aromatic rings. The van der Waals surface area contributed by atoms with Crippen molar-refractivity contribution in [3.63, 3.8) is 0 Å². The lowest BCUT2D eigenvalue weighted by Crippen LogP contribution is -2.23. The van der Waals surface area contributed by atoms with Gasteiger partial charge in [0.2, 0.25) is 0 Å². The van der Waals surface area contributed by atoms with Crippen molar-refractivity contribution in [3.05, 3.63) is 35.7 Å². The fourth-order valence-electron chi connectivity index (χ4n) is 1.96. The van der Waals surface area contributed by atoms with Crippen molar-refractivity contribution in [2.75, 3.05) is 26.2 Å². The van der Waals surface area contributed by atoms with Gasteiger partial charge >= 0.3 is 0 Å². The third-order valence-corrected chi connectivity index (χ3v) is 3.25. The lowest BCUT2D eigenvalue weighted by atomic mass is 10.2. The molecule has 1 rings (SSSR count). The van der Waals surface area contributed by atoms with Crippen molar-refractivity contribution in [1.82, 2.24) is 4.90 Å². The zero-order valence-corrected chi connectivity index (χ0v) is 12.1. The summed E-state index contributed by atoms with van der Waals surface area (Å²) in [5.74, 6) is 0.858. The summed E-state index contributed by atoms with van der Waals surface area (Å²) in [6.07, 6.45) is 3.53. The topological polar surface area (TPSA) is 16.8 Å². The first-order valence-electron chi connectivity index (χ1n) is 7.12. The number of benzene rings is 1. The molecule has 0 unspecified atom stereocenters. The molecule has 0 amide bonds. The van der Waals surface area contributed by atoms with Crippen molar-refractivity contribution < 1.29 is 4.74 Å². The number of hydrogen-bond donors (Lipinski definition) is 0. The zero-order chi connectivity index (χ0) is 13.9. The van der Waals surface area contributed by atoms with Crippen LogP contribution in [0.1, 0.15) is 33.1 Å². The highest BCUT2D eigenvalue weighted by Gasteiger charge is 1.99. The van der Waals surface area contributed by atoms with Crippen LogP contribution in [-0.4, -0.2) is 31.1 Å². The van der Waals surface area contributed by atoms with Gasteiger partial charge in [-0.05, 0) is 51.0 Å². The zero-order valence-electron chi connectivity index (χ0n) is 12.1. The minimum atomic E-state index is 0.659. The monoisotopic (exact) mass is 260 g/mol. The Hall–Kier alpha value is -1.53. The van der Waals surface area contributed by atoms with Crippen molar-refractivity contribution in [2.45, 2.75) is 33.1 Å². The van der Waals surface area contributed by atoms with Crippen LogP contribution >= 0.6 is 0 Å². The molecular weight excluding hydrogens is 236 g/mol. The van der Waals surface area contributed by atoms with Crippen LogP contribution in [0.2, 0.25) is 0 Å². The lowest BCUT2D eigenvalue weighted by Gasteiger charge is -2.17. The Morgan fingerprint density at radius 2 is 1.74 bits per heavy atom. The number of hydrogen-bond acceptors (Lipinski definition) is 2. The van der Waals surface area contributed by atoms with Gasteiger partial charge in [-0.15, -0.1) is 0 Å². The molecule has 0 saturated carbocycles. The molecule has 0 radical (unpaired) electrons. The summed E-state index contributed by atoms with van der Waals surface area (Å²) in [5.41, 5.74) is 0.659. The highest BCUT2D eigenvalue weighted by molar-refractivity contribution is 5.46. The maximum Gasteiger partial charge on any atom is 0.187 e. The Labute approximate surface area is 117 Å². The summed E-state index contributed by atoms with van der Waals surface area (Å²) < 4.78 is 5.65. The number of ether oxygens (including phenoxy) is 1. The lowest BCUT2D eigenvalue weighted by molar-refractivity contribution is 0.277. The summed E-state index contributed by atoms with van der Waals surface area (Å²) in [5, 5.41) is 0. The van der Waals surface area contributed by atoms with Crippen LogP contribution in [0.4, 0.5) is 5.69 Å². The van der Waals surface area contributed by atoms with Gasteiger partial charge < -0.3 is 9.64 Å². The van der Waals surface area contributed by atoms with Gasteiger partial charge in [-0.3, -0.25) is 0 Å². The molecule has 0 saturated heterocycles. The van der Waals surface area contributed by atoms with Crippen LogP contribution in [-0.2, 0) is 0 Å². The van der Waals surface area contributed by atoms with Gasteiger partial charge in [-0.1, -0.05) is 26.0 Å². The van der Waals surface area contributed by atoms with Gasteiger partial charge in [0.05, 0.1) is 13.2 Å². The van der Waals surface area contributed by atoms with Crippen molar-refractivity contribution in [1.29, 1.82) is 0 Å². The van der Waals surface area contributed by atoms with E-state index in [1.807, 2.05) is 12.1 Å². The number of nitrogens with zero attached hydrogens (tertiary/aromatic N) is 2.